The smallest absolute Gasteiger partial charge is 0.267 e. The molecule has 0 fully saturated rings. The van der Waals surface area contributed by atoms with Gasteiger partial charge < -0.3 is 0 Å². The number of hydrogen-bond donors (Lipinski definition) is 1. The molecule has 0 saturated carbocycles. The van der Waals surface area contributed by atoms with E-state index in [0.29, 0.717) is 5.56 Å². The molecule has 4 heteroatoms. The molecule has 0 bridgehead atoms. The maximum atomic E-state index is 11.7. The Morgan fingerprint density at radius 1 is 1.33 bits per heavy atom. The molecule has 0 spiro atoms. The van der Waals surface area contributed by atoms with Crippen LogP contribution in [0.2, 0.25) is 0 Å². The van der Waals surface area contributed by atoms with Crippen LogP contribution in [0.25, 0.3) is 0 Å². The van der Waals surface area contributed by atoms with Crippen molar-refractivity contribution >= 4 is 28.1 Å². The second-order valence-corrected chi connectivity index (χ2v) is 4.94. The van der Waals surface area contributed by atoms with Crippen molar-refractivity contribution < 1.29 is 4.79 Å². The summed E-state index contributed by atoms with van der Waals surface area (Å²) in [6.07, 6.45) is 7.52. The second kappa shape index (κ2) is 8.86. The Morgan fingerprint density at radius 2 is 2.11 bits per heavy atom. The molecule has 1 aromatic rings. The number of rotatable bonds is 7. The van der Waals surface area contributed by atoms with Crippen molar-refractivity contribution in [1.82, 2.24) is 5.43 Å². The molecule has 1 amide bonds. The van der Waals surface area contributed by atoms with Gasteiger partial charge in [-0.25, -0.2) is 5.43 Å². The van der Waals surface area contributed by atoms with Gasteiger partial charge in [-0.15, -0.1) is 0 Å². The highest BCUT2D eigenvalue weighted by atomic mass is 79.9. The Bertz CT molecular complexity index is 405. The van der Waals surface area contributed by atoms with Gasteiger partial charge in [-0.05, 0) is 40.9 Å². The summed E-state index contributed by atoms with van der Waals surface area (Å²) in [5.74, 6) is -0.188. The highest BCUT2D eigenvalue weighted by Gasteiger charge is 2.06. The first-order valence-electron chi connectivity index (χ1n) is 6.32. The fourth-order valence-electron chi connectivity index (χ4n) is 1.54. The number of benzene rings is 1. The summed E-state index contributed by atoms with van der Waals surface area (Å²) < 4.78 is 0.778. The van der Waals surface area contributed by atoms with Crippen LogP contribution in [-0.2, 0) is 0 Å². The fraction of sp³-hybridized carbons (Fsp3) is 0.429. The molecule has 18 heavy (non-hydrogen) atoms. The van der Waals surface area contributed by atoms with Crippen LogP contribution in [0.3, 0.4) is 0 Å². The summed E-state index contributed by atoms with van der Waals surface area (Å²) in [5.41, 5.74) is 3.13. The normalized spacial score (nSPS) is 10.8. The number of amides is 1. The molecule has 0 radical (unpaired) electrons. The zero-order valence-electron chi connectivity index (χ0n) is 10.7. The molecule has 0 aliphatic rings. The minimum Gasteiger partial charge on any atom is -0.267 e. The number of nitrogens with zero attached hydrogens (tertiary/aromatic N) is 1. The Balaban J connectivity index is 2.29. The molecule has 1 aromatic carbocycles. The molecule has 0 heterocycles. The number of hydrogen-bond acceptors (Lipinski definition) is 2. The van der Waals surface area contributed by atoms with E-state index in [1.54, 1.807) is 12.3 Å². The first-order chi connectivity index (χ1) is 8.75. The van der Waals surface area contributed by atoms with E-state index in [1.807, 2.05) is 18.2 Å². The molecule has 1 N–H and O–H groups in total. The predicted molar refractivity (Wildman–Crippen MR) is 78.9 cm³/mol. The third kappa shape index (κ3) is 5.45. The molecule has 0 aliphatic carbocycles. The van der Waals surface area contributed by atoms with Gasteiger partial charge in [-0.3, -0.25) is 4.79 Å². The lowest BCUT2D eigenvalue weighted by atomic mass is 10.2. The highest BCUT2D eigenvalue weighted by molar-refractivity contribution is 9.10. The van der Waals surface area contributed by atoms with Crippen LogP contribution >= 0.6 is 15.9 Å². The van der Waals surface area contributed by atoms with Crippen molar-refractivity contribution in [3.05, 3.63) is 34.3 Å². The number of halogens is 1. The summed E-state index contributed by atoms with van der Waals surface area (Å²) in [6, 6.07) is 7.30. The van der Waals surface area contributed by atoms with Crippen LogP contribution in [0.5, 0.6) is 0 Å². The summed E-state index contributed by atoms with van der Waals surface area (Å²) in [6.45, 7) is 2.19. The van der Waals surface area contributed by atoms with E-state index >= 15 is 0 Å². The standard InChI is InChI=1S/C14H19BrN2O/c1-2-3-4-5-8-11-16-17-14(18)12-9-6-7-10-13(12)15/h6-7,9-11H,2-5,8H2,1H3,(H,17,18)/b16-11+. The maximum Gasteiger partial charge on any atom is 0.272 e. The highest BCUT2D eigenvalue weighted by Crippen LogP contribution is 2.15. The fourth-order valence-corrected chi connectivity index (χ4v) is 2.00. The molecule has 0 saturated heterocycles. The van der Waals surface area contributed by atoms with Gasteiger partial charge in [0.25, 0.3) is 5.91 Å². The van der Waals surface area contributed by atoms with Crippen LogP contribution in [0.4, 0.5) is 0 Å². The van der Waals surface area contributed by atoms with Gasteiger partial charge in [0.1, 0.15) is 0 Å². The lowest BCUT2D eigenvalue weighted by Gasteiger charge is -2.01. The van der Waals surface area contributed by atoms with Gasteiger partial charge in [0.2, 0.25) is 0 Å². The summed E-state index contributed by atoms with van der Waals surface area (Å²) in [4.78, 5) is 11.7. The molecular formula is C14H19BrN2O. The van der Waals surface area contributed by atoms with E-state index in [-0.39, 0.29) is 5.91 Å². The minimum atomic E-state index is -0.188. The molecule has 98 valence electrons. The summed E-state index contributed by atoms with van der Waals surface area (Å²) in [7, 11) is 0. The van der Waals surface area contributed by atoms with Gasteiger partial charge >= 0.3 is 0 Å². The van der Waals surface area contributed by atoms with E-state index < -0.39 is 0 Å². The van der Waals surface area contributed by atoms with E-state index in [9.17, 15) is 4.79 Å². The molecule has 3 nitrogen and oxygen atoms in total. The third-order valence-corrected chi connectivity index (χ3v) is 3.25. The lowest BCUT2D eigenvalue weighted by Crippen LogP contribution is -2.17. The van der Waals surface area contributed by atoms with Crippen LogP contribution in [0.1, 0.15) is 49.4 Å². The molecule has 0 unspecified atom stereocenters. The first-order valence-corrected chi connectivity index (χ1v) is 7.11. The van der Waals surface area contributed by atoms with E-state index in [2.05, 4.69) is 33.4 Å². The van der Waals surface area contributed by atoms with Gasteiger partial charge in [-0.1, -0.05) is 38.3 Å². The van der Waals surface area contributed by atoms with Gasteiger partial charge in [0, 0.05) is 10.7 Å². The van der Waals surface area contributed by atoms with Crippen molar-refractivity contribution in [3.8, 4) is 0 Å². The van der Waals surface area contributed by atoms with Crippen molar-refractivity contribution in [1.29, 1.82) is 0 Å². The number of unbranched alkanes of at least 4 members (excludes halogenated alkanes) is 4. The van der Waals surface area contributed by atoms with Crippen molar-refractivity contribution in [2.24, 2.45) is 5.10 Å². The first kappa shape index (κ1) is 14.9. The van der Waals surface area contributed by atoms with Crippen LogP contribution in [0.15, 0.2) is 33.8 Å². The molecule has 0 atom stereocenters. The average molecular weight is 311 g/mol. The van der Waals surface area contributed by atoms with Gasteiger partial charge in [0.05, 0.1) is 5.56 Å². The van der Waals surface area contributed by atoms with Crippen molar-refractivity contribution in [2.45, 2.75) is 39.0 Å². The van der Waals surface area contributed by atoms with E-state index in [1.165, 1.54) is 19.3 Å². The largest absolute Gasteiger partial charge is 0.272 e. The Hall–Kier alpha value is -1.16. The monoisotopic (exact) mass is 310 g/mol. The molecule has 0 aromatic heterocycles. The predicted octanol–water partition coefficient (Wildman–Crippen LogP) is 4.14. The third-order valence-electron chi connectivity index (χ3n) is 2.56. The van der Waals surface area contributed by atoms with E-state index in [0.717, 1.165) is 17.3 Å². The molecule has 1 rings (SSSR count). The van der Waals surface area contributed by atoms with Crippen LogP contribution in [-0.4, -0.2) is 12.1 Å². The zero-order chi connectivity index (χ0) is 13.2. The SMILES string of the molecule is CCCCCC/C=N/NC(=O)c1ccccc1Br. The lowest BCUT2D eigenvalue weighted by molar-refractivity contribution is 0.0954. The topological polar surface area (TPSA) is 41.5 Å². The van der Waals surface area contributed by atoms with Gasteiger partial charge in [0.15, 0.2) is 0 Å². The zero-order valence-corrected chi connectivity index (χ0v) is 12.2. The molecule has 0 aliphatic heterocycles. The van der Waals surface area contributed by atoms with Crippen LogP contribution in [0, 0.1) is 0 Å². The van der Waals surface area contributed by atoms with Crippen molar-refractivity contribution in [2.75, 3.05) is 0 Å². The number of carbonyl (C=O) groups excluding carboxylic acids is 1. The summed E-state index contributed by atoms with van der Waals surface area (Å²) >= 11 is 3.34. The summed E-state index contributed by atoms with van der Waals surface area (Å²) in [5, 5.41) is 3.94. The Labute approximate surface area is 117 Å². The second-order valence-electron chi connectivity index (χ2n) is 4.08. The maximum absolute atomic E-state index is 11.7. The Morgan fingerprint density at radius 3 is 2.83 bits per heavy atom. The molecular weight excluding hydrogens is 292 g/mol. The quantitative estimate of drug-likeness (QED) is 0.459. The van der Waals surface area contributed by atoms with Gasteiger partial charge in [-0.2, -0.15) is 5.10 Å². The van der Waals surface area contributed by atoms with E-state index in [4.69, 9.17) is 0 Å². The van der Waals surface area contributed by atoms with Crippen molar-refractivity contribution in [3.63, 3.8) is 0 Å². The average Bonchev–Trinajstić information content (AvgIpc) is 2.38. The number of hydrazone groups is 1. The number of carbonyl (C=O) groups is 1. The van der Waals surface area contributed by atoms with Crippen LogP contribution < -0.4 is 5.43 Å². The minimum absolute atomic E-state index is 0.188. The Kier molecular flexibility index (Phi) is 7.34. The number of nitrogens with one attached hydrogen (secondary N) is 1.